The van der Waals surface area contributed by atoms with Crippen molar-refractivity contribution in [1.82, 2.24) is 24.5 Å². The van der Waals surface area contributed by atoms with Gasteiger partial charge in [0, 0.05) is 30.0 Å². The standard InChI is InChI=1S/C18H25N5O3/c1-11-5-12(2)8-22(7-11)16(24)9-26-17(25)6-15-13(3)21-18-19-10-20-23(18)14(15)4/h10-12H,5-9H2,1-4H3/t11-,12+. The van der Waals surface area contributed by atoms with Gasteiger partial charge in [0.05, 0.1) is 6.42 Å². The van der Waals surface area contributed by atoms with Crippen LogP contribution in [0.1, 0.15) is 37.2 Å². The molecule has 0 saturated carbocycles. The summed E-state index contributed by atoms with van der Waals surface area (Å²) in [5, 5.41) is 4.11. The molecule has 2 atom stereocenters. The third kappa shape index (κ3) is 3.84. The lowest BCUT2D eigenvalue weighted by Crippen LogP contribution is -2.44. The fourth-order valence-electron chi connectivity index (χ4n) is 3.71. The molecule has 3 heterocycles. The van der Waals surface area contributed by atoms with E-state index in [0.29, 0.717) is 23.3 Å². The van der Waals surface area contributed by atoms with Crippen LogP contribution in [-0.2, 0) is 20.7 Å². The van der Waals surface area contributed by atoms with Crippen molar-refractivity contribution in [2.24, 2.45) is 11.8 Å². The van der Waals surface area contributed by atoms with Crippen LogP contribution in [0.5, 0.6) is 0 Å². The van der Waals surface area contributed by atoms with E-state index in [9.17, 15) is 9.59 Å². The molecule has 3 rings (SSSR count). The van der Waals surface area contributed by atoms with E-state index in [1.54, 1.807) is 9.42 Å². The molecule has 0 unspecified atom stereocenters. The number of ether oxygens (including phenoxy) is 1. The molecule has 8 nitrogen and oxygen atoms in total. The van der Waals surface area contributed by atoms with Crippen LogP contribution in [0.15, 0.2) is 6.33 Å². The smallest absolute Gasteiger partial charge is 0.310 e. The first-order valence-electron chi connectivity index (χ1n) is 8.94. The first-order chi connectivity index (χ1) is 12.3. The Morgan fingerprint density at radius 1 is 1.23 bits per heavy atom. The largest absolute Gasteiger partial charge is 0.455 e. The summed E-state index contributed by atoms with van der Waals surface area (Å²) in [5.74, 6) is 0.882. The molecule has 1 saturated heterocycles. The number of hydrogen-bond donors (Lipinski definition) is 0. The van der Waals surface area contributed by atoms with Gasteiger partial charge in [0.1, 0.15) is 6.33 Å². The van der Waals surface area contributed by atoms with E-state index < -0.39 is 5.97 Å². The number of amides is 1. The summed E-state index contributed by atoms with van der Waals surface area (Å²) >= 11 is 0. The average Bonchev–Trinajstić information content (AvgIpc) is 3.04. The summed E-state index contributed by atoms with van der Waals surface area (Å²) in [4.78, 5) is 34.8. The van der Waals surface area contributed by atoms with Crippen LogP contribution in [0.4, 0.5) is 0 Å². The molecule has 2 aromatic rings. The van der Waals surface area contributed by atoms with Gasteiger partial charge in [-0.2, -0.15) is 10.1 Å². The Bertz CT molecular complexity index is 822. The number of carbonyl (C=O) groups is 2. The SMILES string of the molecule is Cc1nc2ncnn2c(C)c1CC(=O)OCC(=O)N1C[C@H](C)C[C@H](C)C1. The lowest BCUT2D eigenvalue weighted by Gasteiger charge is -2.34. The molecule has 8 heteroatoms. The number of aromatic nitrogens is 4. The van der Waals surface area contributed by atoms with E-state index in [0.717, 1.165) is 30.8 Å². The van der Waals surface area contributed by atoms with Crippen molar-refractivity contribution in [3.8, 4) is 0 Å². The van der Waals surface area contributed by atoms with Gasteiger partial charge in [-0.15, -0.1) is 0 Å². The summed E-state index contributed by atoms with van der Waals surface area (Å²) < 4.78 is 6.83. The summed E-state index contributed by atoms with van der Waals surface area (Å²) in [6.07, 6.45) is 2.61. The van der Waals surface area contributed by atoms with Gasteiger partial charge in [0.15, 0.2) is 6.61 Å². The van der Waals surface area contributed by atoms with Crippen molar-refractivity contribution < 1.29 is 14.3 Å². The highest BCUT2D eigenvalue weighted by atomic mass is 16.5. The van der Waals surface area contributed by atoms with Gasteiger partial charge in [0.25, 0.3) is 11.7 Å². The molecular formula is C18H25N5O3. The Morgan fingerprint density at radius 3 is 2.62 bits per heavy atom. The average molecular weight is 359 g/mol. The van der Waals surface area contributed by atoms with Crippen LogP contribution in [-0.4, -0.2) is 56.1 Å². The number of carbonyl (C=O) groups excluding carboxylic acids is 2. The second kappa shape index (κ2) is 7.39. The number of aryl methyl sites for hydroxylation is 2. The first kappa shape index (κ1) is 18.3. The Hall–Kier alpha value is -2.51. The predicted octanol–water partition coefficient (Wildman–Crippen LogP) is 1.33. The number of rotatable bonds is 4. The summed E-state index contributed by atoms with van der Waals surface area (Å²) in [6.45, 7) is 9.21. The van der Waals surface area contributed by atoms with Crippen LogP contribution < -0.4 is 0 Å². The molecule has 1 aliphatic heterocycles. The maximum Gasteiger partial charge on any atom is 0.310 e. The van der Waals surface area contributed by atoms with Crippen LogP contribution in [0.3, 0.4) is 0 Å². The molecule has 0 radical (unpaired) electrons. The van der Waals surface area contributed by atoms with Gasteiger partial charge >= 0.3 is 5.97 Å². The van der Waals surface area contributed by atoms with E-state index in [4.69, 9.17) is 4.74 Å². The number of piperidine rings is 1. The minimum Gasteiger partial charge on any atom is -0.455 e. The van der Waals surface area contributed by atoms with Crippen molar-refractivity contribution in [3.05, 3.63) is 23.3 Å². The van der Waals surface area contributed by atoms with Crippen molar-refractivity contribution in [1.29, 1.82) is 0 Å². The molecular weight excluding hydrogens is 334 g/mol. The van der Waals surface area contributed by atoms with Crippen LogP contribution in [0.2, 0.25) is 0 Å². The quantitative estimate of drug-likeness (QED) is 0.765. The van der Waals surface area contributed by atoms with Crippen LogP contribution >= 0.6 is 0 Å². The molecule has 0 aliphatic carbocycles. The molecule has 0 N–H and O–H groups in total. The number of nitrogens with zero attached hydrogens (tertiary/aromatic N) is 5. The third-order valence-electron chi connectivity index (χ3n) is 4.89. The van der Waals surface area contributed by atoms with Crippen molar-refractivity contribution in [3.63, 3.8) is 0 Å². The molecule has 2 aromatic heterocycles. The highest BCUT2D eigenvalue weighted by molar-refractivity contribution is 5.81. The molecule has 1 amide bonds. The van der Waals surface area contributed by atoms with Gasteiger partial charge in [0.2, 0.25) is 0 Å². The zero-order chi connectivity index (χ0) is 18.8. The Kier molecular flexibility index (Phi) is 5.20. The van der Waals surface area contributed by atoms with E-state index in [2.05, 4.69) is 28.9 Å². The van der Waals surface area contributed by atoms with E-state index in [1.165, 1.54) is 6.33 Å². The van der Waals surface area contributed by atoms with Gasteiger partial charge in [-0.05, 0) is 32.1 Å². The molecule has 26 heavy (non-hydrogen) atoms. The topological polar surface area (TPSA) is 89.7 Å². The number of fused-ring (bicyclic) bond motifs is 1. The first-order valence-corrected chi connectivity index (χ1v) is 8.94. The minimum atomic E-state index is -0.441. The van der Waals surface area contributed by atoms with Gasteiger partial charge in [-0.25, -0.2) is 9.50 Å². The molecule has 1 aliphatic rings. The number of likely N-dealkylation sites (tertiary alicyclic amines) is 1. The molecule has 0 spiro atoms. The van der Waals surface area contributed by atoms with Crippen molar-refractivity contribution in [2.75, 3.05) is 19.7 Å². The second-order valence-corrected chi connectivity index (χ2v) is 7.32. The molecule has 1 fully saturated rings. The van der Waals surface area contributed by atoms with Crippen LogP contribution in [0.25, 0.3) is 5.78 Å². The van der Waals surface area contributed by atoms with E-state index in [1.807, 2.05) is 13.8 Å². The van der Waals surface area contributed by atoms with Crippen molar-refractivity contribution >= 4 is 17.7 Å². The lowest BCUT2D eigenvalue weighted by atomic mass is 9.92. The normalized spacial score (nSPS) is 20.4. The monoisotopic (exact) mass is 359 g/mol. The predicted molar refractivity (Wildman–Crippen MR) is 94.4 cm³/mol. The van der Waals surface area contributed by atoms with Gasteiger partial charge in [-0.3, -0.25) is 9.59 Å². The zero-order valence-electron chi connectivity index (χ0n) is 15.7. The van der Waals surface area contributed by atoms with Gasteiger partial charge in [-0.1, -0.05) is 13.8 Å². The van der Waals surface area contributed by atoms with E-state index >= 15 is 0 Å². The zero-order valence-corrected chi connectivity index (χ0v) is 15.7. The molecule has 0 aromatic carbocycles. The maximum atomic E-state index is 12.3. The minimum absolute atomic E-state index is 0.0561. The highest BCUT2D eigenvalue weighted by Gasteiger charge is 2.26. The maximum absolute atomic E-state index is 12.3. The summed E-state index contributed by atoms with van der Waals surface area (Å²) in [7, 11) is 0. The fourth-order valence-corrected chi connectivity index (χ4v) is 3.71. The van der Waals surface area contributed by atoms with Crippen molar-refractivity contribution in [2.45, 2.75) is 40.5 Å². The molecule has 140 valence electrons. The van der Waals surface area contributed by atoms with E-state index in [-0.39, 0.29) is 18.9 Å². The number of hydrogen-bond acceptors (Lipinski definition) is 6. The highest BCUT2D eigenvalue weighted by Crippen LogP contribution is 2.21. The Labute approximate surface area is 152 Å². The summed E-state index contributed by atoms with van der Waals surface area (Å²) in [5.41, 5.74) is 2.26. The number of esters is 1. The van der Waals surface area contributed by atoms with Gasteiger partial charge < -0.3 is 9.64 Å². The van der Waals surface area contributed by atoms with Crippen LogP contribution in [0, 0.1) is 25.7 Å². The Morgan fingerprint density at radius 2 is 1.92 bits per heavy atom. The second-order valence-electron chi connectivity index (χ2n) is 7.32. The fraction of sp³-hybridized carbons (Fsp3) is 0.611. The summed E-state index contributed by atoms with van der Waals surface area (Å²) in [6, 6.07) is 0. The Balaban J connectivity index is 1.60. The lowest BCUT2D eigenvalue weighted by molar-refractivity contribution is -0.152. The third-order valence-corrected chi connectivity index (χ3v) is 4.89. The molecule has 0 bridgehead atoms.